The van der Waals surface area contributed by atoms with Gasteiger partial charge in [0.1, 0.15) is 5.82 Å². The lowest BCUT2D eigenvalue weighted by atomic mass is 9.87. The third-order valence-corrected chi connectivity index (χ3v) is 3.06. The molecule has 0 spiro atoms. The fourth-order valence-corrected chi connectivity index (χ4v) is 1.54. The van der Waals surface area contributed by atoms with Gasteiger partial charge in [-0.3, -0.25) is 0 Å². The van der Waals surface area contributed by atoms with Crippen molar-refractivity contribution < 1.29 is 0 Å². The summed E-state index contributed by atoms with van der Waals surface area (Å²) in [4.78, 5) is 12.0. The highest BCUT2D eigenvalue weighted by Crippen LogP contribution is 2.24. The van der Waals surface area contributed by atoms with Gasteiger partial charge in [-0.15, -0.1) is 0 Å². The average molecular weight is 204 g/mol. The summed E-state index contributed by atoms with van der Waals surface area (Å²) < 4.78 is 0. The molecule has 0 fully saturated rings. The Labute approximate surface area is 88.9 Å². The third kappa shape index (κ3) is 1.61. The summed E-state index contributed by atoms with van der Waals surface area (Å²) in [5, 5.41) is 0. The lowest BCUT2D eigenvalue weighted by molar-refractivity contribution is 0.443. The molecule has 0 radical (unpaired) electrons. The van der Waals surface area contributed by atoms with Crippen molar-refractivity contribution in [2.24, 2.45) is 5.73 Å². The van der Waals surface area contributed by atoms with Crippen molar-refractivity contribution in [2.45, 2.75) is 25.7 Å². The highest BCUT2D eigenvalue weighted by atomic mass is 15.0. The van der Waals surface area contributed by atoms with Crippen LogP contribution in [-0.2, 0) is 5.41 Å². The zero-order chi connectivity index (χ0) is 10.9. The molecule has 0 amide bonds. The van der Waals surface area contributed by atoms with Crippen LogP contribution in [0.4, 0.5) is 0 Å². The van der Waals surface area contributed by atoms with Gasteiger partial charge in [0, 0.05) is 18.2 Å². The quantitative estimate of drug-likeness (QED) is 0.797. The van der Waals surface area contributed by atoms with Crippen molar-refractivity contribution in [1.29, 1.82) is 0 Å². The Balaban J connectivity index is 2.52. The summed E-state index contributed by atoms with van der Waals surface area (Å²) in [7, 11) is 0. The predicted octanol–water partition coefficient (Wildman–Crippen LogP) is 1.58. The van der Waals surface area contributed by atoms with E-state index in [9.17, 15) is 0 Å². The van der Waals surface area contributed by atoms with E-state index >= 15 is 0 Å². The topological polar surface area (TPSA) is 67.6 Å². The number of H-pyrrole nitrogens is 1. The Morgan fingerprint density at radius 2 is 2.33 bits per heavy atom. The molecule has 2 rings (SSSR count). The van der Waals surface area contributed by atoms with Gasteiger partial charge in [0.05, 0.1) is 5.52 Å². The van der Waals surface area contributed by atoms with E-state index in [0.717, 1.165) is 23.4 Å². The molecule has 0 bridgehead atoms. The van der Waals surface area contributed by atoms with Crippen LogP contribution >= 0.6 is 0 Å². The van der Waals surface area contributed by atoms with Crippen LogP contribution in [0.25, 0.3) is 11.2 Å². The number of nitrogens with two attached hydrogens (primary N) is 1. The van der Waals surface area contributed by atoms with E-state index < -0.39 is 0 Å². The van der Waals surface area contributed by atoms with Crippen LogP contribution < -0.4 is 5.73 Å². The van der Waals surface area contributed by atoms with Crippen LogP contribution in [0.3, 0.4) is 0 Å². The van der Waals surface area contributed by atoms with E-state index in [1.54, 1.807) is 6.20 Å². The van der Waals surface area contributed by atoms with Crippen molar-refractivity contribution in [1.82, 2.24) is 15.0 Å². The van der Waals surface area contributed by atoms with E-state index in [0.29, 0.717) is 6.54 Å². The molecule has 0 aliphatic carbocycles. The van der Waals surface area contributed by atoms with Crippen LogP contribution in [0.5, 0.6) is 0 Å². The second-order valence-electron chi connectivity index (χ2n) is 4.08. The first-order valence-electron chi connectivity index (χ1n) is 5.21. The van der Waals surface area contributed by atoms with Crippen molar-refractivity contribution in [2.75, 3.05) is 6.54 Å². The minimum atomic E-state index is -0.0826. The Hall–Kier alpha value is -1.42. The highest BCUT2D eigenvalue weighted by Gasteiger charge is 2.26. The molecule has 1 atom stereocenters. The Morgan fingerprint density at radius 1 is 1.53 bits per heavy atom. The maximum atomic E-state index is 5.79. The maximum absolute atomic E-state index is 5.79. The summed E-state index contributed by atoms with van der Waals surface area (Å²) in [6.45, 7) is 4.82. The average Bonchev–Trinajstić information content (AvgIpc) is 2.72. The van der Waals surface area contributed by atoms with Gasteiger partial charge < -0.3 is 10.7 Å². The van der Waals surface area contributed by atoms with Crippen molar-refractivity contribution in [3.05, 3.63) is 24.2 Å². The van der Waals surface area contributed by atoms with Gasteiger partial charge in [0.15, 0.2) is 5.65 Å². The van der Waals surface area contributed by atoms with Crippen molar-refractivity contribution in [3.8, 4) is 0 Å². The molecular formula is C11H16N4. The van der Waals surface area contributed by atoms with E-state index in [1.807, 2.05) is 12.1 Å². The molecule has 4 nitrogen and oxygen atoms in total. The fourth-order valence-electron chi connectivity index (χ4n) is 1.54. The fraction of sp³-hybridized carbons (Fsp3) is 0.455. The van der Waals surface area contributed by atoms with Gasteiger partial charge >= 0.3 is 0 Å². The van der Waals surface area contributed by atoms with E-state index in [2.05, 4.69) is 28.8 Å². The molecule has 0 saturated carbocycles. The number of pyridine rings is 1. The van der Waals surface area contributed by atoms with Crippen LogP contribution in [0.1, 0.15) is 26.1 Å². The SMILES string of the molecule is CCC(C)(CN)c1nc2ncccc2[nH]1. The number of nitrogens with zero attached hydrogens (tertiary/aromatic N) is 2. The minimum absolute atomic E-state index is 0.0826. The molecule has 0 aliphatic heterocycles. The number of nitrogens with one attached hydrogen (secondary N) is 1. The highest BCUT2D eigenvalue weighted by molar-refractivity contribution is 5.70. The number of aromatic amines is 1. The van der Waals surface area contributed by atoms with E-state index in [-0.39, 0.29) is 5.41 Å². The molecule has 3 N–H and O–H groups in total. The molecule has 4 heteroatoms. The minimum Gasteiger partial charge on any atom is -0.340 e. The number of imidazole rings is 1. The van der Waals surface area contributed by atoms with Gasteiger partial charge in [-0.25, -0.2) is 9.97 Å². The van der Waals surface area contributed by atoms with Crippen LogP contribution in [0, 0.1) is 0 Å². The zero-order valence-electron chi connectivity index (χ0n) is 9.12. The zero-order valence-corrected chi connectivity index (χ0v) is 9.12. The molecule has 80 valence electrons. The van der Waals surface area contributed by atoms with E-state index in [4.69, 9.17) is 5.73 Å². The first-order valence-corrected chi connectivity index (χ1v) is 5.21. The monoisotopic (exact) mass is 204 g/mol. The van der Waals surface area contributed by atoms with Crippen LogP contribution in [0.2, 0.25) is 0 Å². The van der Waals surface area contributed by atoms with Crippen LogP contribution in [0.15, 0.2) is 18.3 Å². The first kappa shape index (κ1) is 10.1. The number of fused-ring (bicyclic) bond motifs is 1. The van der Waals surface area contributed by atoms with Gasteiger partial charge in [0.2, 0.25) is 0 Å². The second kappa shape index (κ2) is 3.62. The predicted molar refractivity (Wildman–Crippen MR) is 60.6 cm³/mol. The molecule has 1 unspecified atom stereocenters. The van der Waals surface area contributed by atoms with Gasteiger partial charge in [-0.1, -0.05) is 13.8 Å². The summed E-state index contributed by atoms with van der Waals surface area (Å²) >= 11 is 0. The Bertz CT molecular complexity index is 423. The normalized spacial score (nSPS) is 15.4. The number of hydrogen-bond acceptors (Lipinski definition) is 3. The molecule has 2 heterocycles. The summed E-state index contributed by atoms with van der Waals surface area (Å²) in [6, 6.07) is 3.88. The Kier molecular flexibility index (Phi) is 2.44. The summed E-state index contributed by atoms with van der Waals surface area (Å²) in [5.41, 5.74) is 7.45. The largest absolute Gasteiger partial charge is 0.340 e. The molecule has 0 saturated heterocycles. The number of hydrogen-bond donors (Lipinski definition) is 2. The molecule has 2 aromatic rings. The summed E-state index contributed by atoms with van der Waals surface area (Å²) in [5.74, 6) is 0.932. The molecular weight excluding hydrogens is 188 g/mol. The number of rotatable bonds is 3. The molecule has 0 aromatic carbocycles. The van der Waals surface area contributed by atoms with Gasteiger partial charge in [-0.05, 0) is 18.6 Å². The smallest absolute Gasteiger partial charge is 0.177 e. The Morgan fingerprint density at radius 3 is 2.93 bits per heavy atom. The molecule has 15 heavy (non-hydrogen) atoms. The molecule has 0 aliphatic rings. The lowest BCUT2D eigenvalue weighted by Gasteiger charge is -2.23. The maximum Gasteiger partial charge on any atom is 0.177 e. The van der Waals surface area contributed by atoms with Crippen LogP contribution in [-0.4, -0.2) is 21.5 Å². The standard InChI is InChI=1S/C11H16N4/c1-3-11(2,7-12)10-14-8-5-4-6-13-9(8)15-10/h4-6H,3,7,12H2,1-2H3,(H,13,14,15). The van der Waals surface area contributed by atoms with Gasteiger partial charge in [-0.2, -0.15) is 0 Å². The third-order valence-electron chi connectivity index (χ3n) is 3.06. The second-order valence-corrected chi connectivity index (χ2v) is 4.08. The lowest BCUT2D eigenvalue weighted by Crippen LogP contribution is -2.32. The summed E-state index contributed by atoms with van der Waals surface area (Å²) in [6.07, 6.45) is 2.71. The molecule has 2 aromatic heterocycles. The van der Waals surface area contributed by atoms with Crippen molar-refractivity contribution >= 4 is 11.2 Å². The number of aromatic nitrogens is 3. The van der Waals surface area contributed by atoms with Crippen molar-refractivity contribution in [3.63, 3.8) is 0 Å². The first-order chi connectivity index (χ1) is 7.19. The van der Waals surface area contributed by atoms with E-state index in [1.165, 1.54) is 0 Å². The van der Waals surface area contributed by atoms with Gasteiger partial charge in [0.25, 0.3) is 0 Å².